The quantitative estimate of drug-likeness (QED) is 0.702. The lowest BCUT2D eigenvalue weighted by molar-refractivity contribution is -0.114. The van der Waals surface area contributed by atoms with Crippen molar-refractivity contribution in [2.45, 2.75) is 57.8 Å². The number of amides is 1. The Morgan fingerprint density at radius 1 is 1.11 bits per heavy atom. The lowest BCUT2D eigenvalue weighted by Gasteiger charge is -2.28. The van der Waals surface area contributed by atoms with Gasteiger partial charge < -0.3 is 20.5 Å². The van der Waals surface area contributed by atoms with Gasteiger partial charge in [-0.3, -0.25) is 4.79 Å². The number of hydrogen-bond acceptors (Lipinski definition) is 4. The van der Waals surface area contributed by atoms with Crippen LogP contribution in [0.3, 0.4) is 0 Å². The van der Waals surface area contributed by atoms with Gasteiger partial charge in [-0.2, -0.15) is 0 Å². The third-order valence-corrected chi connectivity index (χ3v) is 4.90. The summed E-state index contributed by atoms with van der Waals surface area (Å²) in [5.41, 5.74) is 2.87. The first-order valence-electron chi connectivity index (χ1n) is 9.60. The zero-order valence-corrected chi connectivity index (χ0v) is 15.9. The van der Waals surface area contributed by atoms with Crippen LogP contribution in [0.5, 0.6) is 5.75 Å². The number of anilines is 2. The molecule has 1 fully saturated rings. The molecule has 144 valence electrons. The second kappa shape index (κ2) is 8.91. The van der Waals surface area contributed by atoms with Gasteiger partial charge in [0.25, 0.3) is 0 Å². The fourth-order valence-electron chi connectivity index (χ4n) is 3.44. The molecule has 0 aromatic heterocycles. The van der Waals surface area contributed by atoms with E-state index in [0.717, 1.165) is 48.4 Å². The molecule has 2 aromatic carbocycles. The average molecular weight is 368 g/mol. The highest BCUT2D eigenvalue weighted by molar-refractivity contribution is 5.88. The van der Waals surface area contributed by atoms with E-state index < -0.39 is 0 Å². The van der Waals surface area contributed by atoms with Gasteiger partial charge in [0.1, 0.15) is 11.9 Å². The Morgan fingerprint density at radius 2 is 1.85 bits per heavy atom. The van der Waals surface area contributed by atoms with Crippen molar-refractivity contribution in [3.8, 4) is 5.75 Å². The van der Waals surface area contributed by atoms with Gasteiger partial charge in [-0.1, -0.05) is 18.6 Å². The highest BCUT2D eigenvalue weighted by atomic mass is 16.5. The number of hydrogen-bond donors (Lipinski definition) is 3. The molecule has 1 saturated carbocycles. The Kier molecular flexibility index (Phi) is 6.35. The third kappa shape index (κ3) is 5.47. The van der Waals surface area contributed by atoms with Gasteiger partial charge >= 0.3 is 0 Å². The Labute approximate surface area is 160 Å². The molecule has 0 saturated heterocycles. The van der Waals surface area contributed by atoms with Gasteiger partial charge in [-0.05, 0) is 68.1 Å². The SMILES string of the molecule is CC(=O)Nc1cccc([C@H](C)Nc2ccc(O[C@H]3CCCC[C@@H]3O)cc2)c1. The molecule has 0 aliphatic heterocycles. The number of ether oxygens (including phenoxy) is 1. The molecule has 0 bridgehead atoms. The smallest absolute Gasteiger partial charge is 0.221 e. The van der Waals surface area contributed by atoms with Crippen LogP contribution in [-0.2, 0) is 4.79 Å². The molecule has 0 radical (unpaired) electrons. The first-order chi connectivity index (χ1) is 13.0. The summed E-state index contributed by atoms with van der Waals surface area (Å²) >= 11 is 0. The second-order valence-electron chi connectivity index (χ2n) is 7.21. The summed E-state index contributed by atoms with van der Waals surface area (Å²) < 4.78 is 5.95. The van der Waals surface area contributed by atoms with Crippen molar-refractivity contribution in [1.29, 1.82) is 0 Å². The van der Waals surface area contributed by atoms with E-state index in [0.29, 0.717) is 0 Å². The van der Waals surface area contributed by atoms with Crippen molar-refractivity contribution in [3.05, 3.63) is 54.1 Å². The largest absolute Gasteiger partial charge is 0.488 e. The molecule has 5 nitrogen and oxygen atoms in total. The third-order valence-electron chi connectivity index (χ3n) is 4.90. The maximum absolute atomic E-state index is 11.2. The van der Waals surface area contributed by atoms with Crippen LogP contribution in [0, 0.1) is 0 Å². The predicted octanol–water partition coefficient (Wildman–Crippen LogP) is 4.50. The molecule has 0 heterocycles. The predicted molar refractivity (Wildman–Crippen MR) is 108 cm³/mol. The molecule has 3 rings (SSSR count). The maximum Gasteiger partial charge on any atom is 0.221 e. The monoisotopic (exact) mass is 368 g/mol. The minimum Gasteiger partial charge on any atom is -0.488 e. The fourth-order valence-corrected chi connectivity index (χ4v) is 3.44. The van der Waals surface area contributed by atoms with Crippen molar-refractivity contribution in [2.24, 2.45) is 0 Å². The number of nitrogens with one attached hydrogen (secondary N) is 2. The Balaban J connectivity index is 1.60. The molecular weight excluding hydrogens is 340 g/mol. The number of carbonyl (C=O) groups excluding carboxylic acids is 1. The van der Waals surface area contributed by atoms with Crippen LogP contribution < -0.4 is 15.4 Å². The zero-order chi connectivity index (χ0) is 19.2. The van der Waals surface area contributed by atoms with Crippen molar-refractivity contribution in [1.82, 2.24) is 0 Å². The summed E-state index contributed by atoms with van der Waals surface area (Å²) in [7, 11) is 0. The van der Waals surface area contributed by atoms with Gasteiger partial charge in [0.15, 0.2) is 0 Å². The zero-order valence-electron chi connectivity index (χ0n) is 15.9. The highest BCUT2D eigenvalue weighted by Crippen LogP contribution is 2.26. The molecule has 3 N–H and O–H groups in total. The lowest BCUT2D eigenvalue weighted by atomic mass is 9.95. The van der Waals surface area contributed by atoms with Gasteiger partial charge in [0.05, 0.1) is 6.10 Å². The van der Waals surface area contributed by atoms with Crippen LogP contribution >= 0.6 is 0 Å². The van der Waals surface area contributed by atoms with Crippen LogP contribution in [0.15, 0.2) is 48.5 Å². The van der Waals surface area contributed by atoms with Crippen LogP contribution in [0.25, 0.3) is 0 Å². The van der Waals surface area contributed by atoms with Gasteiger partial charge in [-0.25, -0.2) is 0 Å². The number of carbonyl (C=O) groups is 1. The van der Waals surface area contributed by atoms with E-state index in [1.54, 1.807) is 0 Å². The molecule has 0 spiro atoms. The first-order valence-corrected chi connectivity index (χ1v) is 9.60. The Morgan fingerprint density at radius 3 is 2.56 bits per heavy atom. The van der Waals surface area contributed by atoms with E-state index in [-0.39, 0.29) is 24.2 Å². The summed E-state index contributed by atoms with van der Waals surface area (Å²) in [5.74, 6) is 0.707. The number of benzene rings is 2. The van der Waals surface area contributed by atoms with Crippen LogP contribution in [0.4, 0.5) is 11.4 Å². The van der Waals surface area contributed by atoms with E-state index in [9.17, 15) is 9.90 Å². The number of rotatable bonds is 6. The first kappa shape index (κ1) is 19.2. The Hall–Kier alpha value is -2.53. The van der Waals surface area contributed by atoms with E-state index in [2.05, 4.69) is 17.6 Å². The standard InChI is InChI=1S/C22H28N2O3/c1-15(17-6-5-7-19(14-17)24-16(2)25)23-18-10-12-20(13-11-18)27-22-9-4-3-8-21(22)26/h5-7,10-15,21-23,26H,3-4,8-9H2,1-2H3,(H,24,25)/t15-,21-,22-/m0/s1. The summed E-state index contributed by atoms with van der Waals surface area (Å²) in [6, 6.07) is 15.7. The topological polar surface area (TPSA) is 70.6 Å². The number of aliphatic hydroxyl groups excluding tert-OH is 1. The van der Waals surface area contributed by atoms with Crippen molar-refractivity contribution < 1.29 is 14.6 Å². The van der Waals surface area contributed by atoms with Crippen molar-refractivity contribution in [3.63, 3.8) is 0 Å². The van der Waals surface area contributed by atoms with E-state index in [1.165, 1.54) is 6.92 Å². The normalized spacial score (nSPS) is 20.6. The highest BCUT2D eigenvalue weighted by Gasteiger charge is 2.24. The fraction of sp³-hybridized carbons (Fsp3) is 0.409. The van der Waals surface area contributed by atoms with Gasteiger partial charge in [0.2, 0.25) is 5.91 Å². The maximum atomic E-state index is 11.2. The molecule has 1 aliphatic rings. The van der Waals surface area contributed by atoms with Gasteiger partial charge in [-0.15, -0.1) is 0 Å². The number of aliphatic hydroxyl groups is 1. The van der Waals surface area contributed by atoms with E-state index >= 15 is 0 Å². The van der Waals surface area contributed by atoms with E-state index in [4.69, 9.17) is 4.74 Å². The van der Waals surface area contributed by atoms with Crippen LogP contribution in [0.2, 0.25) is 0 Å². The molecule has 1 aliphatic carbocycles. The van der Waals surface area contributed by atoms with Crippen LogP contribution in [0.1, 0.15) is 51.1 Å². The molecule has 27 heavy (non-hydrogen) atoms. The Bertz CT molecular complexity index is 760. The summed E-state index contributed by atoms with van der Waals surface area (Å²) in [4.78, 5) is 11.2. The molecule has 0 unspecified atom stereocenters. The molecule has 1 amide bonds. The van der Waals surface area contributed by atoms with Crippen LogP contribution in [-0.4, -0.2) is 23.2 Å². The van der Waals surface area contributed by atoms with Gasteiger partial charge in [0, 0.05) is 24.3 Å². The molecular formula is C22H28N2O3. The van der Waals surface area contributed by atoms with Crippen molar-refractivity contribution in [2.75, 3.05) is 10.6 Å². The molecule has 2 aromatic rings. The lowest BCUT2D eigenvalue weighted by Crippen LogP contribution is -2.34. The second-order valence-corrected chi connectivity index (χ2v) is 7.21. The summed E-state index contributed by atoms with van der Waals surface area (Å²) in [5, 5.41) is 16.3. The minimum atomic E-state index is -0.368. The van der Waals surface area contributed by atoms with Crippen molar-refractivity contribution >= 4 is 17.3 Å². The molecule has 3 atom stereocenters. The summed E-state index contributed by atoms with van der Waals surface area (Å²) in [6.45, 7) is 3.58. The summed E-state index contributed by atoms with van der Waals surface area (Å²) in [6.07, 6.45) is 3.43. The minimum absolute atomic E-state index is 0.0774. The molecule has 5 heteroatoms. The van der Waals surface area contributed by atoms with E-state index in [1.807, 2.05) is 48.5 Å². The average Bonchev–Trinajstić information content (AvgIpc) is 2.65.